The van der Waals surface area contributed by atoms with Crippen LogP contribution in [0.1, 0.15) is 15.9 Å². The summed E-state index contributed by atoms with van der Waals surface area (Å²) in [6.07, 6.45) is 0. The van der Waals surface area contributed by atoms with Crippen LogP contribution < -0.4 is 5.32 Å². The normalized spacial score (nSPS) is 10.3. The molecule has 0 unspecified atom stereocenters. The minimum atomic E-state index is -1.08. The Morgan fingerprint density at radius 1 is 1.25 bits per heavy atom. The molecule has 0 aliphatic carbocycles. The number of hydrogen-bond donors (Lipinski definition) is 3. The molecule has 0 aliphatic rings. The van der Waals surface area contributed by atoms with E-state index in [9.17, 15) is 9.90 Å². The van der Waals surface area contributed by atoms with E-state index >= 15 is 0 Å². The molecule has 2 rings (SSSR count). The highest BCUT2D eigenvalue weighted by Crippen LogP contribution is 2.24. The van der Waals surface area contributed by atoms with Crippen molar-refractivity contribution in [3.05, 3.63) is 57.0 Å². The minimum absolute atomic E-state index is 0.0372. The van der Waals surface area contributed by atoms with Crippen LogP contribution in [-0.4, -0.2) is 16.2 Å². The van der Waals surface area contributed by atoms with E-state index in [-0.39, 0.29) is 16.3 Å². The largest absolute Gasteiger partial charge is 0.508 e. The van der Waals surface area contributed by atoms with Gasteiger partial charge in [0.1, 0.15) is 5.75 Å². The van der Waals surface area contributed by atoms with Crippen LogP contribution in [0.15, 0.2) is 40.9 Å². The van der Waals surface area contributed by atoms with E-state index in [2.05, 4.69) is 21.2 Å². The zero-order chi connectivity index (χ0) is 14.7. The Morgan fingerprint density at radius 2 is 2.00 bits per heavy atom. The third-order valence-corrected chi connectivity index (χ3v) is 3.54. The second-order valence-corrected chi connectivity index (χ2v) is 5.45. The van der Waals surface area contributed by atoms with E-state index in [0.717, 1.165) is 4.47 Å². The predicted octanol–water partition coefficient (Wildman–Crippen LogP) is 4.12. The molecule has 0 saturated heterocycles. The maximum absolute atomic E-state index is 11.0. The van der Waals surface area contributed by atoms with E-state index < -0.39 is 5.97 Å². The van der Waals surface area contributed by atoms with Crippen molar-refractivity contribution in [3.8, 4) is 5.75 Å². The number of phenols is 1. The van der Waals surface area contributed by atoms with E-state index in [1.54, 1.807) is 24.3 Å². The number of anilines is 1. The molecule has 2 aromatic rings. The fraction of sp³-hybridized carbons (Fsp3) is 0.0714. The highest BCUT2D eigenvalue weighted by Gasteiger charge is 2.09. The smallest absolute Gasteiger partial charge is 0.337 e. The Kier molecular flexibility index (Phi) is 4.52. The van der Waals surface area contributed by atoms with Crippen LogP contribution in [0.2, 0.25) is 5.02 Å². The third-order valence-electron chi connectivity index (χ3n) is 2.72. The lowest BCUT2D eigenvalue weighted by Crippen LogP contribution is -2.03. The van der Waals surface area contributed by atoms with Gasteiger partial charge in [-0.05, 0) is 36.4 Å². The average molecular weight is 357 g/mol. The van der Waals surface area contributed by atoms with Crippen LogP contribution in [-0.2, 0) is 6.54 Å². The molecular formula is C14H11BrClNO3. The fourth-order valence-electron chi connectivity index (χ4n) is 1.69. The molecule has 4 nitrogen and oxygen atoms in total. The van der Waals surface area contributed by atoms with Gasteiger partial charge in [-0.15, -0.1) is 0 Å². The summed E-state index contributed by atoms with van der Waals surface area (Å²) in [6, 6.07) is 9.78. The van der Waals surface area contributed by atoms with Crippen molar-refractivity contribution in [3.63, 3.8) is 0 Å². The van der Waals surface area contributed by atoms with E-state index in [1.165, 1.54) is 12.1 Å². The van der Waals surface area contributed by atoms with Gasteiger partial charge in [-0.1, -0.05) is 27.5 Å². The van der Waals surface area contributed by atoms with Crippen LogP contribution in [0.3, 0.4) is 0 Å². The summed E-state index contributed by atoms with van der Waals surface area (Å²) in [5.41, 5.74) is 1.35. The zero-order valence-electron chi connectivity index (χ0n) is 10.2. The molecule has 6 heteroatoms. The maximum Gasteiger partial charge on any atom is 0.337 e. The molecule has 0 amide bonds. The molecule has 0 spiro atoms. The van der Waals surface area contributed by atoms with Crippen LogP contribution in [0.25, 0.3) is 0 Å². The summed E-state index contributed by atoms with van der Waals surface area (Å²) in [4.78, 5) is 11.0. The van der Waals surface area contributed by atoms with Crippen molar-refractivity contribution in [2.45, 2.75) is 6.54 Å². The molecule has 0 fully saturated rings. The number of carboxylic acids is 1. The second-order valence-electron chi connectivity index (χ2n) is 4.13. The topological polar surface area (TPSA) is 69.6 Å². The third kappa shape index (κ3) is 3.43. The lowest BCUT2D eigenvalue weighted by atomic mass is 10.1. The van der Waals surface area contributed by atoms with Gasteiger partial charge in [-0.25, -0.2) is 4.79 Å². The quantitative estimate of drug-likeness (QED) is 0.771. The molecule has 20 heavy (non-hydrogen) atoms. The maximum atomic E-state index is 11.0. The lowest BCUT2D eigenvalue weighted by molar-refractivity contribution is 0.0697. The molecule has 0 aromatic heterocycles. The van der Waals surface area contributed by atoms with Crippen LogP contribution in [0.4, 0.5) is 5.69 Å². The van der Waals surface area contributed by atoms with Gasteiger partial charge in [0.05, 0.1) is 10.6 Å². The average Bonchev–Trinajstić information content (AvgIpc) is 2.41. The van der Waals surface area contributed by atoms with Crippen molar-refractivity contribution >= 4 is 39.2 Å². The zero-order valence-corrected chi connectivity index (χ0v) is 12.6. The first-order chi connectivity index (χ1) is 9.47. The Morgan fingerprint density at radius 3 is 2.70 bits per heavy atom. The first-order valence-electron chi connectivity index (χ1n) is 5.71. The first-order valence-corrected chi connectivity index (χ1v) is 6.88. The van der Waals surface area contributed by atoms with Crippen molar-refractivity contribution in [2.24, 2.45) is 0 Å². The number of phenolic OH excluding ortho intramolecular Hbond substituents is 1. The van der Waals surface area contributed by atoms with Gasteiger partial charge < -0.3 is 15.5 Å². The second kappa shape index (κ2) is 6.15. The first kappa shape index (κ1) is 14.7. The highest BCUT2D eigenvalue weighted by molar-refractivity contribution is 9.10. The van der Waals surface area contributed by atoms with E-state index in [4.69, 9.17) is 16.7 Å². The number of aromatic hydroxyl groups is 1. The molecular weight excluding hydrogens is 346 g/mol. The minimum Gasteiger partial charge on any atom is -0.508 e. The van der Waals surface area contributed by atoms with Gasteiger partial charge in [0, 0.05) is 22.3 Å². The summed E-state index contributed by atoms with van der Waals surface area (Å²) in [7, 11) is 0. The number of halogens is 2. The van der Waals surface area contributed by atoms with Crippen molar-refractivity contribution in [2.75, 3.05) is 5.32 Å². The Balaban J connectivity index is 2.17. The molecule has 0 atom stereocenters. The summed E-state index contributed by atoms with van der Waals surface area (Å²) < 4.78 is 0.856. The number of rotatable bonds is 4. The Labute approximate surface area is 129 Å². The molecule has 3 N–H and O–H groups in total. The number of nitrogens with one attached hydrogen (secondary N) is 1. The van der Waals surface area contributed by atoms with Gasteiger partial charge in [0.2, 0.25) is 0 Å². The number of hydrogen-bond acceptors (Lipinski definition) is 3. The molecule has 0 radical (unpaired) electrons. The summed E-state index contributed by atoms with van der Waals surface area (Å²) in [5, 5.41) is 22.0. The molecule has 0 aliphatic heterocycles. The molecule has 2 aromatic carbocycles. The van der Waals surface area contributed by atoms with Crippen molar-refractivity contribution < 1.29 is 15.0 Å². The molecule has 0 heterocycles. The fourth-order valence-corrected chi connectivity index (χ4v) is 2.30. The van der Waals surface area contributed by atoms with Crippen molar-refractivity contribution in [1.82, 2.24) is 0 Å². The standard InChI is InChI=1S/C14H11BrClNO3/c15-9-1-4-13(18)8(5-9)7-17-10-2-3-12(16)11(6-10)14(19)20/h1-6,17-18H,7H2,(H,19,20). The van der Waals surface area contributed by atoms with Crippen LogP contribution >= 0.6 is 27.5 Å². The van der Waals surface area contributed by atoms with Gasteiger partial charge in [0.15, 0.2) is 0 Å². The summed E-state index contributed by atoms with van der Waals surface area (Å²) in [5.74, 6) is -0.905. The lowest BCUT2D eigenvalue weighted by Gasteiger charge is -2.10. The number of carboxylic acid groups (broad SMARTS) is 1. The Hall–Kier alpha value is -1.72. The van der Waals surface area contributed by atoms with Gasteiger partial charge in [0.25, 0.3) is 0 Å². The molecule has 0 saturated carbocycles. The van der Waals surface area contributed by atoms with Gasteiger partial charge in [-0.2, -0.15) is 0 Å². The molecule has 104 valence electrons. The number of aromatic carboxylic acids is 1. The van der Waals surface area contributed by atoms with Crippen LogP contribution in [0, 0.1) is 0 Å². The van der Waals surface area contributed by atoms with Crippen molar-refractivity contribution in [1.29, 1.82) is 0 Å². The predicted molar refractivity (Wildman–Crippen MR) is 81.5 cm³/mol. The van der Waals surface area contributed by atoms with Gasteiger partial charge >= 0.3 is 5.97 Å². The summed E-state index contributed by atoms with van der Waals surface area (Å²) >= 11 is 9.13. The SMILES string of the molecule is O=C(O)c1cc(NCc2cc(Br)ccc2O)ccc1Cl. The molecule has 0 bridgehead atoms. The number of benzene rings is 2. The van der Waals surface area contributed by atoms with Gasteiger partial charge in [-0.3, -0.25) is 0 Å². The highest BCUT2D eigenvalue weighted by atomic mass is 79.9. The monoisotopic (exact) mass is 355 g/mol. The van der Waals surface area contributed by atoms with Crippen LogP contribution in [0.5, 0.6) is 5.75 Å². The van der Waals surface area contributed by atoms with E-state index in [1.807, 2.05) is 0 Å². The van der Waals surface area contributed by atoms with E-state index in [0.29, 0.717) is 17.8 Å². The number of carbonyl (C=O) groups is 1. The summed E-state index contributed by atoms with van der Waals surface area (Å²) in [6.45, 7) is 0.367. The Bertz CT molecular complexity index is 661.